The number of para-hydroxylation sites is 1. The molecule has 1 heterocycles. The monoisotopic (exact) mass is 496 g/mol. The lowest BCUT2D eigenvalue weighted by Gasteiger charge is -2.19. The Hall–Kier alpha value is -4.64. The Morgan fingerprint density at radius 2 is 1.44 bits per heavy atom. The first-order chi connectivity index (χ1) is 17.2. The van der Waals surface area contributed by atoms with Crippen LogP contribution in [-0.2, 0) is 11.0 Å². The number of aromatic amines is 1. The van der Waals surface area contributed by atoms with Crippen molar-refractivity contribution in [3.05, 3.63) is 101 Å². The van der Waals surface area contributed by atoms with Crippen LogP contribution in [0.15, 0.2) is 79.0 Å². The fraction of sp³-hybridized carbons (Fsp3) is 0.0800. The Balaban J connectivity index is 1.62. The summed E-state index contributed by atoms with van der Waals surface area (Å²) >= 11 is 0. The van der Waals surface area contributed by atoms with Crippen molar-refractivity contribution >= 4 is 34.3 Å². The van der Waals surface area contributed by atoms with Crippen LogP contribution in [0.4, 0.5) is 18.9 Å². The number of rotatable bonds is 6. The lowest BCUT2D eigenvalue weighted by molar-refractivity contribution is -0.137. The topological polar surface area (TPSA) is 123 Å². The van der Waals surface area contributed by atoms with Crippen molar-refractivity contribution in [2.75, 3.05) is 5.32 Å². The van der Waals surface area contributed by atoms with Crippen molar-refractivity contribution < 1.29 is 32.8 Å². The van der Waals surface area contributed by atoms with Gasteiger partial charge < -0.3 is 15.6 Å². The van der Waals surface area contributed by atoms with Gasteiger partial charge in [0.25, 0.3) is 17.7 Å². The third-order valence-corrected chi connectivity index (χ3v) is 5.46. The fourth-order valence-corrected chi connectivity index (χ4v) is 3.63. The average Bonchev–Trinajstić information content (AvgIpc) is 3.30. The normalized spacial score (nSPS) is 12.1. The molecule has 36 heavy (non-hydrogen) atoms. The van der Waals surface area contributed by atoms with Gasteiger partial charge in [-0.25, -0.2) is 5.48 Å². The molecule has 0 saturated heterocycles. The van der Waals surface area contributed by atoms with Gasteiger partial charge in [0, 0.05) is 39.5 Å². The third-order valence-electron chi connectivity index (χ3n) is 5.46. The van der Waals surface area contributed by atoms with E-state index in [-0.39, 0.29) is 16.8 Å². The Bertz CT molecular complexity index is 1410. The standard InChI is InChI=1S/C25H19F3N4O4/c26-25(27,28)16-9-11-17(12-10-16)30-24(35)21(19-13-29-20-4-2-1-3-18(19)20)31-22(33)14-5-7-15(8-6-14)23(34)32-36/h1-13,21,29,36H,(H,30,35)(H,31,33)(H,32,34)/t21-/m0/s1. The van der Waals surface area contributed by atoms with Crippen LogP contribution in [0, 0.1) is 0 Å². The van der Waals surface area contributed by atoms with Crippen molar-refractivity contribution in [3.8, 4) is 0 Å². The van der Waals surface area contributed by atoms with Crippen LogP contribution >= 0.6 is 0 Å². The minimum absolute atomic E-state index is 0.113. The van der Waals surface area contributed by atoms with Gasteiger partial charge in [-0.1, -0.05) is 18.2 Å². The summed E-state index contributed by atoms with van der Waals surface area (Å²) in [5, 5.41) is 14.6. The van der Waals surface area contributed by atoms with E-state index in [9.17, 15) is 27.6 Å². The van der Waals surface area contributed by atoms with Crippen LogP contribution in [0.3, 0.4) is 0 Å². The highest BCUT2D eigenvalue weighted by atomic mass is 19.4. The predicted octanol–water partition coefficient (Wildman–Crippen LogP) is 4.42. The highest BCUT2D eigenvalue weighted by Crippen LogP contribution is 2.30. The Kier molecular flexibility index (Phi) is 6.75. The van der Waals surface area contributed by atoms with E-state index in [0.29, 0.717) is 16.5 Å². The first kappa shape index (κ1) is 24.5. The average molecular weight is 496 g/mol. The summed E-state index contributed by atoms with van der Waals surface area (Å²) in [6, 6.07) is 15.2. The van der Waals surface area contributed by atoms with Crippen LogP contribution in [0.1, 0.15) is 37.9 Å². The lowest BCUT2D eigenvalue weighted by atomic mass is 10.0. The number of alkyl halides is 3. The SMILES string of the molecule is O=C(NO)c1ccc(C(=O)N[C@H](C(=O)Nc2ccc(C(F)(F)F)cc2)c2c[nH]c3ccccc23)cc1. The zero-order valence-electron chi connectivity index (χ0n) is 18.4. The quantitative estimate of drug-likeness (QED) is 0.200. The zero-order valence-corrected chi connectivity index (χ0v) is 18.4. The van der Waals surface area contributed by atoms with Crippen molar-refractivity contribution in [2.45, 2.75) is 12.2 Å². The van der Waals surface area contributed by atoms with Crippen LogP contribution in [0.2, 0.25) is 0 Å². The third kappa shape index (κ3) is 5.20. The molecule has 0 spiro atoms. The molecule has 5 N–H and O–H groups in total. The van der Waals surface area contributed by atoms with Crippen LogP contribution < -0.4 is 16.1 Å². The maximum atomic E-state index is 13.2. The van der Waals surface area contributed by atoms with Gasteiger partial charge in [-0.05, 0) is 54.6 Å². The molecule has 0 saturated carbocycles. The van der Waals surface area contributed by atoms with Gasteiger partial charge in [-0.15, -0.1) is 0 Å². The van der Waals surface area contributed by atoms with Gasteiger partial charge in [0.2, 0.25) is 0 Å². The van der Waals surface area contributed by atoms with E-state index in [0.717, 1.165) is 24.3 Å². The number of benzene rings is 3. The number of fused-ring (bicyclic) bond motifs is 1. The molecule has 1 atom stereocenters. The summed E-state index contributed by atoms with van der Waals surface area (Å²) in [4.78, 5) is 40.8. The van der Waals surface area contributed by atoms with E-state index >= 15 is 0 Å². The van der Waals surface area contributed by atoms with Crippen molar-refractivity contribution in [3.63, 3.8) is 0 Å². The van der Waals surface area contributed by atoms with Crippen molar-refractivity contribution in [2.24, 2.45) is 0 Å². The molecular formula is C25H19F3N4O4. The number of carbonyl (C=O) groups is 3. The van der Waals surface area contributed by atoms with E-state index in [1.165, 1.54) is 29.7 Å². The van der Waals surface area contributed by atoms with Gasteiger partial charge in [0.05, 0.1) is 5.56 Å². The summed E-state index contributed by atoms with van der Waals surface area (Å²) in [5.41, 5.74) is 2.15. The predicted molar refractivity (Wildman–Crippen MR) is 124 cm³/mol. The number of nitrogens with one attached hydrogen (secondary N) is 4. The lowest BCUT2D eigenvalue weighted by Crippen LogP contribution is -2.37. The van der Waals surface area contributed by atoms with Gasteiger partial charge in [0.1, 0.15) is 6.04 Å². The van der Waals surface area contributed by atoms with Crippen LogP contribution in [0.25, 0.3) is 10.9 Å². The van der Waals surface area contributed by atoms with E-state index in [1.54, 1.807) is 30.5 Å². The molecule has 0 unspecified atom stereocenters. The van der Waals surface area contributed by atoms with E-state index in [1.807, 2.05) is 0 Å². The zero-order chi connectivity index (χ0) is 25.9. The number of anilines is 1. The highest BCUT2D eigenvalue weighted by Gasteiger charge is 2.30. The molecule has 4 aromatic rings. The summed E-state index contributed by atoms with van der Waals surface area (Å²) < 4.78 is 38.6. The molecule has 0 aliphatic heterocycles. The molecule has 1 aromatic heterocycles. The van der Waals surface area contributed by atoms with Crippen LogP contribution in [-0.4, -0.2) is 27.9 Å². The summed E-state index contributed by atoms with van der Waals surface area (Å²) in [5.74, 6) is -2.07. The number of amides is 3. The van der Waals surface area contributed by atoms with E-state index in [2.05, 4.69) is 15.6 Å². The second-order valence-electron chi connectivity index (χ2n) is 7.78. The number of hydrogen-bond donors (Lipinski definition) is 5. The van der Waals surface area contributed by atoms with Crippen molar-refractivity contribution in [1.82, 2.24) is 15.8 Å². The molecular weight excluding hydrogens is 477 g/mol. The minimum atomic E-state index is -4.52. The molecule has 184 valence electrons. The summed E-state index contributed by atoms with van der Waals surface area (Å²) in [7, 11) is 0. The summed E-state index contributed by atoms with van der Waals surface area (Å²) in [6.07, 6.45) is -2.95. The van der Waals surface area contributed by atoms with E-state index < -0.39 is 35.5 Å². The molecule has 0 aliphatic carbocycles. The van der Waals surface area contributed by atoms with Gasteiger partial charge in [-0.2, -0.15) is 13.2 Å². The molecule has 11 heteroatoms. The number of halogens is 3. The number of aromatic nitrogens is 1. The van der Waals surface area contributed by atoms with Crippen LogP contribution in [0.5, 0.6) is 0 Å². The molecule has 3 aromatic carbocycles. The maximum Gasteiger partial charge on any atom is 0.416 e. The number of carbonyl (C=O) groups excluding carboxylic acids is 3. The summed E-state index contributed by atoms with van der Waals surface area (Å²) in [6.45, 7) is 0. The highest BCUT2D eigenvalue weighted by molar-refractivity contribution is 6.04. The maximum absolute atomic E-state index is 13.2. The number of hydrogen-bond acceptors (Lipinski definition) is 4. The van der Waals surface area contributed by atoms with Crippen molar-refractivity contribution in [1.29, 1.82) is 0 Å². The fourth-order valence-electron chi connectivity index (χ4n) is 3.63. The molecule has 0 aliphatic rings. The Morgan fingerprint density at radius 1 is 0.833 bits per heavy atom. The molecule has 3 amide bonds. The Labute approximate surface area is 202 Å². The molecule has 4 rings (SSSR count). The minimum Gasteiger partial charge on any atom is -0.361 e. The van der Waals surface area contributed by atoms with Gasteiger partial charge in [0.15, 0.2) is 0 Å². The second-order valence-corrected chi connectivity index (χ2v) is 7.78. The largest absolute Gasteiger partial charge is 0.416 e. The Morgan fingerprint density at radius 3 is 2.06 bits per heavy atom. The first-order valence-electron chi connectivity index (χ1n) is 10.6. The number of hydroxylamine groups is 1. The number of H-pyrrole nitrogens is 1. The molecule has 0 bridgehead atoms. The van der Waals surface area contributed by atoms with Gasteiger partial charge in [-0.3, -0.25) is 19.6 Å². The molecule has 8 nitrogen and oxygen atoms in total. The second kappa shape index (κ2) is 9.92. The molecule has 0 fully saturated rings. The van der Waals surface area contributed by atoms with E-state index in [4.69, 9.17) is 5.21 Å². The van der Waals surface area contributed by atoms with Gasteiger partial charge >= 0.3 is 6.18 Å². The molecule has 0 radical (unpaired) electrons. The smallest absolute Gasteiger partial charge is 0.361 e. The first-order valence-corrected chi connectivity index (χ1v) is 10.6.